The molecular weight excluding hydrogens is 420 g/mol. The molecule has 32 heavy (non-hydrogen) atoms. The zero-order chi connectivity index (χ0) is 22.3. The monoisotopic (exact) mass is 448 g/mol. The summed E-state index contributed by atoms with van der Waals surface area (Å²) in [6.07, 6.45) is 5.04. The van der Waals surface area contributed by atoms with Crippen molar-refractivity contribution in [3.8, 4) is 10.6 Å². The highest BCUT2D eigenvalue weighted by Gasteiger charge is 2.49. The van der Waals surface area contributed by atoms with Gasteiger partial charge in [-0.05, 0) is 55.3 Å². The zero-order valence-corrected chi connectivity index (χ0v) is 19.3. The average Bonchev–Trinajstić information content (AvgIpc) is 3.55. The Morgan fingerprint density at radius 1 is 1.22 bits per heavy atom. The Labute approximate surface area is 192 Å². The Kier molecular flexibility index (Phi) is 5.37. The molecule has 2 aliphatic rings. The Morgan fingerprint density at radius 3 is 2.72 bits per heavy atom. The molecule has 7 heteroatoms. The summed E-state index contributed by atoms with van der Waals surface area (Å²) in [6.45, 7) is 4.26. The summed E-state index contributed by atoms with van der Waals surface area (Å²) in [5, 5.41) is 9.96. The van der Waals surface area contributed by atoms with Crippen molar-refractivity contribution < 1.29 is 9.59 Å². The number of carbonyl (C=O) groups is 2. The molecule has 166 valence electrons. The molecule has 3 aromatic rings. The van der Waals surface area contributed by atoms with Crippen molar-refractivity contribution in [1.29, 1.82) is 0 Å². The van der Waals surface area contributed by atoms with Crippen LogP contribution in [-0.4, -0.2) is 33.2 Å². The van der Waals surface area contributed by atoms with E-state index in [2.05, 4.69) is 12.2 Å². The highest BCUT2D eigenvalue weighted by Crippen LogP contribution is 2.37. The smallest absolute Gasteiger partial charge is 0.277 e. The second-order valence-corrected chi connectivity index (χ2v) is 9.85. The van der Waals surface area contributed by atoms with E-state index >= 15 is 0 Å². The maximum absolute atomic E-state index is 13.9. The van der Waals surface area contributed by atoms with Gasteiger partial charge in [-0.3, -0.25) is 19.2 Å². The fourth-order valence-corrected chi connectivity index (χ4v) is 5.62. The lowest BCUT2D eigenvalue weighted by molar-refractivity contribution is -0.127. The third-order valence-corrected chi connectivity index (χ3v) is 7.61. The lowest BCUT2D eigenvalue weighted by atomic mass is 9.92. The second kappa shape index (κ2) is 8.20. The van der Waals surface area contributed by atoms with Gasteiger partial charge in [0.1, 0.15) is 16.9 Å². The molecular formula is C25H28N4O2S. The number of hydrogen-bond donors (Lipinski definition) is 1. The van der Waals surface area contributed by atoms with Crippen molar-refractivity contribution in [2.75, 3.05) is 4.90 Å². The molecule has 1 N–H and O–H groups in total. The largest absolute Gasteiger partial charge is 0.351 e. The molecule has 1 aliphatic carbocycles. The molecule has 6 nitrogen and oxygen atoms in total. The standard InChI is InChI=1S/C25H28N4O2S/c1-3-17-9-4-7-12-20(17)29-23(30)21-15-19(22-13-8-14-32-22)27-28(21)16-25(29,2)24(31)26-18-10-5-6-11-18/h4,7-9,12-15,18H,3,5-6,10-11,16H2,1-2H3,(H,26,31)/t25-/m0/s1. The highest BCUT2D eigenvalue weighted by molar-refractivity contribution is 7.13. The first-order chi connectivity index (χ1) is 15.5. The first-order valence-corrected chi connectivity index (χ1v) is 12.2. The number of para-hydroxylation sites is 1. The van der Waals surface area contributed by atoms with E-state index in [1.807, 2.05) is 54.8 Å². The van der Waals surface area contributed by atoms with Crippen LogP contribution in [0.25, 0.3) is 10.6 Å². The number of aromatic nitrogens is 2. The van der Waals surface area contributed by atoms with Crippen LogP contribution in [0, 0.1) is 0 Å². The molecule has 2 aromatic heterocycles. The first-order valence-electron chi connectivity index (χ1n) is 11.4. The molecule has 1 atom stereocenters. The molecule has 1 aromatic carbocycles. The van der Waals surface area contributed by atoms with Crippen molar-refractivity contribution in [2.24, 2.45) is 0 Å². The van der Waals surface area contributed by atoms with Crippen molar-refractivity contribution >= 4 is 28.8 Å². The van der Waals surface area contributed by atoms with Gasteiger partial charge in [0.05, 0.1) is 11.4 Å². The topological polar surface area (TPSA) is 67.2 Å². The summed E-state index contributed by atoms with van der Waals surface area (Å²) in [4.78, 5) is 30.3. The Bertz CT molecular complexity index is 1150. The molecule has 1 fully saturated rings. The zero-order valence-electron chi connectivity index (χ0n) is 18.5. The van der Waals surface area contributed by atoms with E-state index in [-0.39, 0.29) is 17.9 Å². The van der Waals surface area contributed by atoms with E-state index < -0.39 is 5.54 Å². The number of nitrogens with one attached hydrogen (secondary N) is 1. The summed E-state index contributed by atoms with van der Waals surface area (Å²) in [5.41, 5.74) is 2.07. The lowest BCUT2D eigenvalue weighted by Crippen LogP contribution is -2.65. The van der Waals surface area contributed by atoms with Gasteiger partial charge in [0.25, 0.3) is 5.91 Å². The van der Waals surface area contributed by atoms with E-state index in [1.54, 1.807) is 20.9 Å². The van der Waals surface area contributed by atoms with Crippen LogP contribution in [0.1, 0.15) is 55.6 Å². The number of amides is 2. The molecule has 0 unspecified atom stereocenters. The van der Waals surface area contributed by atoms with E-state index in [4.69, 9.17) is 5.10 Å². The van der Waals surface area contributed by atoms with E-state index in [0.29, 0.717) is 12.2 Å². The Hall–Kier alpha value is -2.93. The Balaban J connectivity index is 1.61. The summed E-state index contributed by atoms with van der Waals surface area (Å²) >= 11 is 1.59. The number of nitrogens with zero attached hydrogens (tertiary/aromatic N) is 3. The SMILES string of the molecule is CCc1ccccc1N1C(=O)c2cc(-c3cccs3)nn2C[C@@]1(C)C(=O)NC1CCCC1. The predicted molar refractivity (Wildman–Crippen MR) is 127 cm³/mol. The van der Waals surface area contributed by atoms with Gasteiger partial charge in [-0.1, -0.05) is 44.0 Å². The van der Waals surface area contributed by atoms with Gasteiger partial charge in [0.2, 0.25) is 5.91 Å². The normalized spacial score (nSPS) is 21.1. The van der Waals surface area contributed by atoms with Gasteiger partial charge in [0, 0.05) is 11.7 Å². The van der Waals surface area contributed by atoms with Crippen molar-refractivity contribution in [3.63, 3.8) is 0 Å². The van der Waals surface area contributed by atoms with Crippen molar-refractivity contribution in [1.82, 2.24) is 15.1 Å². The molecule has 0 spiro atoms. The minimum atomic E-state index is -1.07. The van der Waals surface area contributed by atoms with Crippen molar-refractivity contribution in [3.05, 3.63) is 59.1 Å². The van der Waals surface area contributed by atoms with Crippen LogP contribution in [-0.2, 0) is 17.8 Å². The average molecular weight is 449 g/mol. The van der Waals surface area contributed by atoms with Crippen LogP contribution in [0.2, 0.25) is 0 Å². The third-order valence-electron chi connectivity index (χ3n) is 6.72. The molecule has 1 aliphatic heterocycles. The molecule has 3 heterocycles. The van der Waals surface area contributed by atoms with Gasteiger partial charge < -0.3 is 5.32 Å². The van der Waals surface area contributed by atoms with Crippen molar-refractivity contribution in [2.45, 2.75) is 64.1 Å². The summed E-state index contributed by atoms with van der Waals surface area (Å²) in [6, 6.07) is 13.9. The maximum atomic E-state index is 13.9. The minimum absolute atomic E-state index is 0.109. The van der Waals surface area contributed by atoms with E-state index in [1.165, 1.54) is 0 Å². The van der Waals surface area contributed by atoms with Gasteiger partial charge >= 0.3 is 0 Å². The van der Waals surface area contributed by atoms with Crippen LogP contribution >= 0.6 is 11.3 Å². The van der Waals surface area contributed by atoms with E-state index in [0.717, 1.165) is 53.9 Å². The molecule has 0 radical (unpaired) electrons. The highest BCUT2D eigenvalue weighted by atomic mass is 32.1. The predicted octanol–water partition coefficient (Wildman–Crippen LogP) is 4.65. The minimum Gasteiger partial charge on any atom is -0.351 e. The molecule has 2 amide bonds. The van der Waals surface area contributed by atoms with Crippen LogP contribution in [0.4, 0.5) is 5.69 Å². The number of hydrogen-bond acceptors (Lipinski definition) is 4. The number of benzene rings is 1. The fraction of sp³-hybridized carbons (Fsp3) is 0.400. The molecule has 1 saturated carbocycles. The van der Waals surface area contributed by atoms with Gasteiger partial charge in [-0.15, -0.1) is 11.3 Å². The molecule has 5 rings (SSSR count). The second-order valence-electron chi connectivity index (χ2n) is 8.90. The number of thiophene rings is 1. The fourth-order valence-electron chi connectivity index (χ4n) is 4.94. The number of carbonyl (C=O) groups excluding carboxylic acids is 2. The third kappa shape index (κ3) is 3.45. The summed E-state index contributed by atoms with van der Waals surface area (Å²) < 4.78 is 1.72. The summed E-state index contributed by atoms with van der Waals surface area (Å²) in [7, 11) is 0. The van der Waals surface area contributed by atoms with Gasteiger partial charge in [-0.25, -0.2) is 0 Å². The number of anilines is 1. The first kappa shape index (κ1) is 20.9. The quantitative estimate of drug-likeness (QED) is 0.618. The van der Waals surface area contributed by atoms with Crippen LogP contribution in [0.15, 0.2) is 47.8 Å². The molecule has 0 bridgehead atoms. The maximum Gasteiger partial charge on any atom is 0.277 e. The van der Waals surface area contributed by atoms with Crippen LogP contribution in [0.3, 0.4) is 0 Å². The van der Waals surface area contributed by atoms with Crippen LogP contribution < -0.4 is 10.2 Å². The van der Waals surface area contributed by atoms with E-state index in [9.17, 15) is 9.59 Å². The van der Waals surface area contributed by atoms with Crippen LogP contribution in [0.5, 0.6) is 0 Å². The van der Waals surface area contributed by atoms with Gasteiger partial charge in [0.15, 0.2) is 0 Å². The number of aryl methyl sites for hydroxylation is 1. The van der Waals surface area contributed by atoms with Gasteiger partial charge in [-0.2, -0.15) is 5.10 Å². The molecule has 0 saturated heterocycles. The Morgan fingerprint density at radius 2 is 2.00 bits per heavy atom. The summed E-state index contributed by atoms with van der Waals surface area (Å²) in [5.74, 6) is -0.293. The lowest BCUT2D eigenvalue weighted by Gasteiger charge is -2.44. The number of rotatable bonds is 5. The number of fused-ring (bicyclic) bond motifs is 1.